The number of nitrogens with zero attached hydrogens (tertiary/aromatic N) is 2. The molecule has 0 saturated carbocycles. The molecule has 0 saturated heterocycles. The highest BCUT2D eigenvalue weighted by molar-refractivity contribution is 7.15. The number of fused-ring (bicyclic) bond motifs is 1. The fourth-order valence-electron chi connectivity index (χ4n) is 2.75. The molecule has 2 N–H and O–H groups in total. The minimum Gasteiger partial charge on any atom is -0.326 e. The molecular weight excluding hydrogens is 324 g/mol. The second-order valence-corrected chi connectivity index (χ2v) is 6.95. The Balaban J connectivity index is 1.51. The van der Waals surface area contributed by atoms with Gasteiger partial charge in [-0.1, -0.05) is 36.5 Å². The molecule has 0 fully saturated rings. The van der Waals surface area contributed by atoms with Crippen molar-refractivity contribution in [2.75, 3.05) is 10.6 Å². The Kier molecular flexibility index (Phi) is 5.20. The molecule has 1 aliphatic heterocycles. The molecule has 126 valence electrons. The van der Waals surface area contributed by atoms with E-state index in [1.54, 1.807) is 0 Å². The van der Waals surface area contributed by atoms with E-state index in [-0.39, 0.29) is 17.7 Å². The van der Waals surface area contributed by atoms with E-state index < -0.39 is 0 Å². The summed E-state index contributed by atoms with van der Waals surface area (Å²) in [6.07, 6.45) is 3.36. The lowest BCUT2D eigenvalue weighted by atomic mass is 9.89. The van der Waals surface area contributed by atoms with E-state index >= 15 is 0 Å². The molecule has 2 heterocycles. The van der Waals surface area contributed by atoms with Crippen LogP contribution in [0, 0.1) is 5.92 Å². The molecule has 1 aromatic carbocycles. The van der Waals surface area contributed by atoms with Gasteiger partial charge in [0.2, 0.25) is 16.9 Å². The average Bonchev–Trinajstić information content (AvgIpc) is 3.00. The third-order valence-electron chi connectivity index (χ3n) is 4.01. The molecule has 0 bridgehead atoms. The fourth-order valence-corrected chi connectivity index (χ4v) is 3.61. The number of carbonyl (C=O) groups is 2. The smallest absolute Gasteiger partial charge is 0.227 e. The summed E-state index contributed by atoms with van der Waals surface area (Å²) in [5.41, 5.74) is 2.00. The zero-order valence-electron chi connectivity index (χ0n) is 13.5. The van der Waals surface area contributed by atoms with Crippen LogP contribution >= 0.6 is 11.3 Å². The molecule has 1 aliphatic rings. The van der Waals surface area contributed by atoms with Crippen LogP contribution in [0.15, 0.2) is 24.3 Å². The van der Waals surface area contributed by atoms with Gasteiger partial charge in [0.1, 0.15) is 5.01 Å². The van der Waals surface area contributed by atoms with E-state index in [9.17, 15) is 9.59 Å². The van der Waals surface area contributed by atoms with Gasteiger partial charge >= 0.3 is 0 Å². The zero-order chi connectivity index (χ0) is 16.9. The minimum atomic E-state index is -0.171. The van der Waals surface area contributed by atoms with Crippen LogP contribution in [-0.2, 0) is 22.4 Å². The van der Waals surface area contributed by atoms with Crippen molar-refractivity contribution in [3.05, 3.63) is 34.8 Å². The van der Waals surface area contributed by atoms with Crippen molar-refractivity contribution in [3.8, 4) is 0 Å². The van der Waals surface area contributed by atoms with Crippen LogP contribution in [0.25, 0.3) is 0 Å². The monoisotopic (exact) mass is 344 g/mol. The molecule has 1 atom stereocenters. The lowest BCUT2D eigenvalue weighted by molar-refractivity contribution is -0.121. The van der Waals surface area contributed by atoms with Gasteiger partial charge in [0, 0.05) is 24.4 Å². The summed E-state index contributed by atoms with van der Waals surface area (Å²) in [5.74, 6) is -0.306. The summed E-state index contributed by atoms with van der Waals surface area (Å²) in [6.45, 7) is 2.08. The van der Waals surface area contributed by atoms with Crippen molar-refractivity contribution in [2.24, 2.45) is 5.92 Å². The first-order chi connectivity index (χ1) is 11.7. The van der Waals surface area contributed by atoms with Crippen molar-refractivity contribution in [2.45, 2.75) is 39.0 Å². The molecule has 0 aliphatic carbocycles. The standard InChI is InChI=1S/C17H20N4O2S/c1-2-5-15-20-21-17(24-15)19-14(22)9-8-12-10-11-6-3-4-7-13(11)18-16(12)23/h3-4,6-7,12H,2,5,8-10H2,1H3,(H,18,23)(H,19,21,22)/t12-/m0/s1. The molecule has 0 spiro atoms. The zero-order valence-corrected chi connectivity index (χ0v) is 14.4. The quantitative estimate of drug-likeness (QED) is 0.844. The van der Waals surface area contributed by atoms with Gasteiger partial charge in [-0.2, -0.15) is 0 Å². The molecule has 1 aromatic heterocycles. The van der Waals surface area contributed by atoms with Crippen LogP contribution in [0.2, 0.25) is 0 Å². The second-order valence-electron chi connectivity index (χ2n) is 5.89. The van der Waals surface area contributed by atoms with E-state index in [4.69, 9.17) is 0 Å². The van der Waals surface area contributed by atoms with E-state index in [2.05, 4.69) is 27.8 Å². The van der Waals surface area contributed by atoms with Crippen molar-refractivity contribution in [1.82, 2.24) is 10.2 Å². The number of para-hydroxylation sites is 1. The topological polar surface area (TPSA) is 84.0 Å². The maximum atomic E-state index is 12.1. The van der Waals surface area contributed by atoms with E-state index in [1.165, 1.54) is 11.3 Å². The highest BCUT2D eigenvalue weighted by atomic mass is 32.1. The first-order valence-corrected chi connectivity index (χ1v) is 8.98. The molecule has 2 amide bonds. The van der Waals surface area contributed by atoms with Crippen LogP contribution in [0.4, 0.5) is 10.8 Å². The molecule has 0 radical (unpaired) electrons. The van der Waals surface area contributed by atoms with Gasteiger partial charge in [0.15, 0.2) is 0 Å². The number of carbonyl (C=O) groups excluding carboxylic acids is 2. The molecule has 0 unspecified atom stereocenters. The highest BCUT2D eigenvalue weighted by Crippen LogP contribution is 2.27. The summed E-state index contributed by atoms with van der Waals surface area (Å²) < 4.78 is 0. The van der Waals surface area contributed by atoms with Gasteiger partial charge in [-0.3, -0.25) is 9.59 Å². The first-order valence-electron chi connectivity index (χ1n) is 8.16. The summed E-state index contributed by atoms with van der Waals surface area (Å²) in [4.78, 5) is 24.2. The van der Waals surface area contributed by atoms with Crippen LogP contribution < -0.4 is 10.6 Å². The van der Waals surface area contributed by atoms with Crippen LogP contribution in [0.5, 0.6) is 0 Å². The molecular formula is C17H20N4O2S. The SMILES string of the molecule is CCCc1nnc(NC(=O)CC[C@H]2Cc3ccccc3NC2=O)s1. The van der Waals surface area contributed by atoms with Crippen LogP contribution in [0.1, 0.15) is 36.8 Å². The Labute approximate surface area is 144 Å². The van der Waals surface area contributed by atoms with E-state index in [0.717, 1.165) is 29.1 Å². The Morgan fingerprint density at radius 2 is 2.21 bits per heavy atom. The van der Waals surface area contributed by atoms with Crippen LogP contribution in [-0.4, -0.2) is 22.0 Å². The van der Waals surface area contributed by atoms with Gasteiger partial charge in [-0.25, -0.2) is 0 Å². The largest absolute Gasteiger partial charge is 0.326 e. The summed E-state index contributed by atoms with van der Waals surface area (Å²) >= 11 is 1.41. The van der Waals surface area contributed by atoms with Gasteiger partial charge in [-0.05, 0) is 30.9 Å². The number of nitrogens with one attached hydrogen (secondary N) is 2. The molecule has 2 aromatic rings. The molecule has 7 heteroatoms. The van der Waals surface area contributed by atoms with Crippen molar-refractivity contribution in [3.63, 3.8) is 0 Å². The Hall–Kier alpha value is -2.28. The van der Waals surface area contributed by atoms with Crippen molar-refractivity contribution < 1.29 is 9.59 Å². The normalized spacial score (nSPS) is 16.4. The van der Waals surface area contributed by atoms with E-state index in [1.807, 2.05) is 24.3 Å². The van der Waals surface area contributed by atoms with Gasteiger partial charge in [-0.15, -0.1) is 10.2 Å². The predicted octanol–water partition coefficient (Wildman–Crippen LogP) is 3.02. The van der Waals surface area contributed by atoms with Gasteiger partial charge in [0.25, 0.3) is 0 Å². The summed E-state index contributed by atoms with van der Waals surface area (Å²) in [7, 11) is 0. The van der Waals surface area contributed by atoms with E-state index in [0.29, 0.717) is 24.4 Å². The minimum absolute atomic E-state index is 0.0114. The number of rotatable bonds is 6. The number of amides is 2. The number of benzene rings is 1. The number of anilines is 2. The van der Waals surface area contributed by atoms with Crippen LogP contribution in [0.3, 0.4) is 0 Å². The van der Waals surface area contributed by atoms with Crippen molar-refractivity contribution >= 4 is 34.0 Å². The Morgan fingerprint density at radius 1 is 1.38 bits per heavy atom. The molecule has 24 heavy (non-hydrogen) atoms. The number of aryl methyl sites for hydroxylation is 1. The average molecular weight is 344 g/mol. The Morgan fingerprint density at radius 3 is 3.04 bits per heavy atom. The number of hydrogen-bond acceptors (Lipinski definition) is 5. The third kappa shape index (κ3) is 3.97. The molecule has 6 nitrogen and oxygen atoms in total. The number of hydrogen-bond donors (Lipinski definition) is 2. The third-order valence-corrected chi connectivity index (χ3v) is 4.91. The van der Waals surface area contributed by atoms with Crippen molar-refractivity contribution in [1.29, 1.82) is 0 Å². The highest BCUT2D eigenvalue weighted by Gasteiger charge is 2.26. The first kappa shape index (κ1) is 16.6. The molecule has 3 rings (SSSR count). The predicted molar refractivity (Wildman–Crippen MR) is 94.0 cm³/mol. The maximum absolute atomic E-state index is 12.1. The summed E-state index contributed by atoms with van der Waals surface area (Å²) in [6, 6.07) is 7.78. The second kappa shape index (κ2) is 7.53. The maximum Gasteiger partial charge on any atom is 0.227 e. The lowest BCUT2D eigenvalue weighted by Crippen LogP contribution is -2.30. The van der Waals surface area contributed by atoms with Gasteiger partial charge < -0.3 is 10.6 Å². The lowest BCUT2D eigenvalue weighted by Gasteiger charge is -2.24. The fraction of sp³-hybridized carbons (Fsp3) is 0.412. The number of aromatic nitrogens is 2. The van der Waals surface area contributed by atoms with Gasteiger partial charge in [0.05, 0.1) is 0 Å². The summed E-state index contributed by atoms with van der Waals surface area (Å²) in [5, 5.41) is 15.1. The Bertz CT molecular complexity index is 744.